The fourth-order valence-electron chi connectivity index (χ4n) is 2.14. The first-order valence-corrected chi connectivity index (χ1v) is 8.24. The normalized spacial score (nSPS) is 16.8. The van der Waals surface area contributed by atoms with Crippen molar-refractivity contribution in [1.82, 2.24) is 9.62 Å². The number of benzene rings is 1. The van der Waals surface area contributed by atoms with Crippen LogP contribution in [0, 0.1) is 0 Å². The molecule has 3 N–H and O–H groups in total. The number of hydrogen-bond acceptors (Lipinski definition) is 6. The van der Waals surface area contributed by atoms with E-state index >= 15 is 0 Å². The highest BCUT2D eigenvalue weighted by Gasteiger charge is 2.18. The fourth-order valence-corrected chi connectivity index (χ4v) is 3.27. The topological polar surface area (TPSA) is 93.9 Å². The zero-order valence-corrected chi connectivity index (χ0v) is 12.9. The van der Waals surface area contributed by atoms with Crippen molar-refractivity contribution in [2.75, 3.05) is 52.2 Å². The number of ether oxygens (including phenoxy) is 2. The van der Waals surface area contributed by atoms with E-state index in [1.165, 1.54) is 19.2 Å². The molecule has 2 rings (SSSR count). The predicted molar refractivity (Wildman–Crippen MR) is 79.9 cm³/mol. The van der Waals surface area contributed by atoms with Crippen molar-refractivity contribution >= 4 is 15.7 Å². The van der Waals surface area contributed by atoms with Crippen molar-refractivity contribution in [1.29, 1.82) is 0 Å². The molecule has 118 valence electrons. The van der Waals surface area contributed by atoms with Crippen LogP contribution in [0.1, 0.15) is 0 Å². The first-order valence-electron chi connectivity index (χ1n) is 6.76. The summed E-state index contributed by atoms with van der Waals surface area (Å²) >= 11 is 0. The van der Waals surface area contributed by atoms with E-state index in [1.54, 1.807) is 6.07 Å². The van der Waals surface area contributed by atoms with E-state index in [2.05, 4.69) is 9.62 Å². The van der Waals surface area contributed by atoms with Gasteiger partial charge in [0.05, 0.1) is 26.0 Å². The number of nitrogen functional groups attached to an aromatic ring is 1. The lowest BCUT2D eigenvalue weighted by atomic mass is 10.3. The quantitative estimate of drug-likeness (QED) is 0.711. The molecule has 1 aliphatic heterocycles. The number of anilines is 1. The molecule has 0 spiro atoms. The van der Waals surface area contributed by atoms with Gasteiger partial charge in [-0.25, -0.2) is 13.1 Å². The summed E-state index contributed by atoms with van der Waals surface area (Å²) in [7, 11) is -2.10. The summed E-state index contributed by atoms with van der Waals surface area (Å²) in [4.78, 5) is 2.23. The van der Waals surface area contributed by atoms with E-state index < -0.39 is 10.0 Å². The highest BCUT2D eigenvalue weighted by Crippen LogP contribution is 2.23. The molecule has 1 fully saturated rings. The summed E-state index contributed by atoms with van der Waals surface area (Å²) in [5.74, 6) is 0.528. The molecule has 1 heterocycles. The number of sulfonamides is 1. The first-order chi connectivity index (χ1) is 10.0. The van der Waals surface area contributed by atoms with Crippen LogP contribution in [0.15, 0.2) is 23.1 Å². The Bertz CT molecular complexity index is 571. The highest BCUT2D eigenvalue weighted by molar-refractivity contribution is 7.89. The third-order valence-corrected chi connectivity index (χ3v) is 4.87. The van der Waals surface area contributed by atoms with Gasteiger partial charge in [-0.05, 0) is 12.1 Å². The van der Waals surface area contributed by atoms with Crippen LogP contribution in [0.3, 0.4) is 0 Å². The van der Waals surface area contributed by atoms with E-state index in [0.29, 0.717) is 32.1 Å². The predicted octanol–water partition coefficient (Wildman–Crippen LogP) is -0.112. The lowest BCUT2D eigenvalue weighted by Gasteiger charge is -2.26. The zero-order valence-electron chi connectivity index (χ0n) is 12.0. The highest BCUT2D eigenvalue weighted by atomic mass is 32.2. The second-order valence-corrected chi connectivity index (χ2v) is 6.49. The van der Waals surface area contributed by atoms with Crippen molar-refractivity contribution in [3.63, 3.8) is 0 Å². The van der Waals surface area contributed by atoms with Gasteiger partial charge in [0.25, 0.3) is 0 Å². The molecule has 0 amide bonds. The van der Waals surface area contributed by atoms with Crippen molar-refractivity contribution in [2.24, 2.45) is 0 Å². The number of methoxy groups -OCH3 is 1. The maximum Gasteiger partial charge on any atom is 0.242 e. The molecule has 0 radical (unpaired) electrons. The summed E-state index contributed by atoms with van der Waals surface area (Å²) in [6.45, 7) is 4.03. The summed E-state index contributed by atoms with van der Waals surface area (Å²) < 4.78 is 37.3. The maximum atomic E-state index is 12.2. The summed E-state index contributed by atoms with van der Waals surface area (Å²) in [5, 5.41) is 0. The Kier molecular flexibility index (Phi) is 5.40. The van der Waals surface area contributed by atoms with E-state index in [9.17, 15) is 8.42 Å². The largest absolute Gasteiger partial charge is 0.497 e. The Balaban J connectivity index is 1.94. The molecule has 1 aliphatic rings. The molecule has 1 aromatic carbocycles. The Hall–Kier alpha value is -1.35. The Labute approximate surface area is 125 Å². The van der Waals surface area contributed by atoms with Crippen LogP contribution in [-0.2, 0) is 14.8 Å². The monoisotopic (exact) mass is 315 g/mol. The number of hydrogen-bond donors (Lipinski definition) is 2. The molecule has 8 heteroatoms. The average Bonchev–Trinajstić information content (AvgIpc) is 2.47. The van der Waals surface area contributed by atoms with Gasteiger partial charge in [0.2, 0.25) is 10.0 Å². The molecular formula is C13H21N3O4S. The molecular weight excluding hydrogens is 294 g/mol. The minimum Gasteiger partial charge on any atom is -0.497 e. The SMILES string of the molecule is COc1ccc(S(=O)(=O)NCCN2CCOCC2)c(N)c1. The number of nitrogens with one attached hydrogen (secondary N) is 1. The second kappa shape index (κ2) is 7.08. The lowest BCUT2D eigenvalue weighted by molar-refractivity contribution is 0.0390. The Morgan fingerprint density at radius 3 is 2.71 bits per heavy atom. The van der Waals surface area contributed by atoms with Crippen LogP contribution in [0.2, 0.25) is 0 Å². The van der Waals surface area contributed by atoms with E-state index in [1.807, 2.05) is 0 Å². The van der Waals surface area contributed by atoms with E-state index in [-0.39, 0.29) is 10.6 Å². The zero-order chi connectivity index (χ0) is 15.3. The van der Waals surface area contributed by atoms with Gasteiger partial charge in [-0.1, -0.05) is 0 Å². The van der Waals surface area contributed by atoms with Gasteiger partial charge < -0.3 is 15.2 Å². The molecule has 0 aliphatic carbocycles. The number of morpholine rings is 1. The van der Waals surface area contributed by atoms with Gasteiger partial charge in [0.15, 0.2) is 0 Å². The van der Waals surface area contributed by atoms with Crippen LogP contribution >= 0.6 is 0 Å². The van der Waals surface area contributed by atoms with E-state index in [0.717, 1.165) is 13.1 Å². The Morgan fingerprint density at radius 2 is 2.10 bits per heavy atom. The molecule has 0 bridgehead atoms. The number of nitrogens with zero attached hydrogens (tertiary/aromatic N) is 1. The van der Waals surface area contributed by atoms with Gasteiger partial charge in [-0.15, -0.1) is 0 Å². The molecule has 0 atom stereocenters. The lowest BCUT2D eigenvalue weighted by Crippen LogP contribution is -2.41. The van der Waals surface area contributed by atoms with Crippen molar-refractivity contribution in [3.8, 4) is 5.75 Å². The molecule has 1 aromatic rings. The van der Waals surface area contributed by atoms with Gasteiger partial charge in [-0.3, -0.25) is 4.90 Å². The molecule has 0 unspecified atom stereocenters. The third-order valence-electron chi connectivity index (χ3n) is 3.33. The van der Waals surface area contributed by atoms with Gasteiger partial charge in [-0.2, -0.15) is 0 Å². The maximum absolute atomic E-state index is 12.2. The first kappa shape index (κ1) is 16.0. The van der Waals surface area contributed by atoms with Crippen LogP contribution in [0.25, 0.3) is 0 Å². The molecule has 0 saturated carbocycles. The number of nitrogens with two attached hydrogens (primary N) is 1. The standard InChI is InChI=1S/C13H21N3O4S/c1-19-11-2-3-13(12(14)10-11)21(17,18)15-4-5-16-6-8-20-9-7-16/h2-3,10,15H,4-9,14H2,1H3. The molecule has 7 nitrogen and oxygen atoms in total. The third kappa shape index (κ3) is 4.31. The Morgan fingerprint density at radius 1 is 1.38 bits per heavy atom. The second-order valence-electron chi connectivity index (χ2n) is 4.76. The van der Waals surface area contributed by atoms with Crippen LogP contribution in [-0.4, -0.2) is 59.8 Å². The van der Waals surface area contributed by atoms with Gasteiger partial charge in [0, 0.05) is 32.2 Å². The average molecular weight is 315 g/mol. The van der Waals surface area contributed by atoms with Crippen LogP contribution in [0.5, 0.6) is 5.75 Å². The van der Waals surface area contributed by atoms with Crippen molar-refractivity contribution < 1.29 is 17.9 Å². The van der Waals surface area contributed by atoms with Crippen LogP contribution in [0.4, 0.5) is 5.69 Å². The summed E-state index contributed by atoms with van der Waals surface area (Å²) in [6.07, 6.45) is 0. The minimum atomic E-state index is -3.61. The molecule has 21 heavy (non-hydrogen) atoms. The van der Waals surface area contributed by atoms with Gasteiger partial charge >= 0.3 is 0 Å². The smallest absolute Gasteiger partial charge is 0.242 e. The fraction of sp³-hybridized carbons (Fsp3) is 0.538. The summed E-state index contributed by atoms with van der Waals surface area (Å²) in [5.41, 5.74) is 5.95. The van der Waals surface area contributed by atoms with Crippen molar-refractivity contribution in [3.05, 3.63) is 18.2 Å². The molecule has 1 saturated heterocycles. The van der Waals surface area contributed by atoms with Crippen molar-refractivity contribution in [2.45, 2.75) is 4.90 Å². The van der Waals surface area contributed by atoms with Gasteiger partial charge in [0.1, 0.15) is 10.6 Å². The number of rotatable bonds is 6. The van der Waals surface area contributed by atoms with E-state index in [4.69, 9.17) is 15.2 Å². The summed E-state index contributed by atoms with van der Waals surface area (Å²) in [6, 6.07) is 4.52. The minimum absolute atomic E-state index is 0.0743. The van der Waals surface area contributed by atoms with Crippen LogP contribution < -0.4 is 15.2 Å². The molecule has 0 aromatic heterocycles.